The first-order valence-electron chi connectivity index (χ1n) is 6.35. The van der Waals surface area contributed by atoms with Gasteiger partial charge >= 0.3 is 0 Å². The molecular weight excluding hydrogens is 276 g/mol. The van der Waals surface area contributed by atoms with E-state index >= 15 is 0 Å². The van der Waals surface area contributed by atoms with Crippen LogP contribution in [0.5, 0.6) is 0 Å². The first kappa shape index (κ1) is 12.9. The minimum absolute atomic E-state index is 0.0797. The Hall–Kier alpha value is -0.540. The SMILES string of the molecule is CCC(CN)(Nc1cc(C)ccc1Br)C1CC1. The third-order valence-electron chi connectivity index (χ3n) is 3.86. The summed E-state index contributed by atoms with van der Waals surface area (Å²) in [6.45, 7) is 5.04. The molecule has 3 N–H and O–H groups in total. The topological polar surface area (TPSA) is 38.0 Å². The maximum atomic E-state index is 6.02. The van der Waals surface area contributed by atoms with E-state index in [2.05, 4.69) is 53.3 Å². The molecule has 0 amide bonds. The third-order valence-corrected chi connectivity index (χ3v) is 4.55. The van der Waals surface area contributed by atoms with Crippen molar-refractivity contribution in [3.05, 3.63) is 28.2 Å². The van der Waals surface area contributed by atoms with Crippen molar-refractivity contribution in [1.82, 2.24) is 0 Å². The molecule has 1 saturated carbocycles. The molecule has 0 bridgehead atoms. The molecule has 0 heterocycles. The molecule has 1 atom stereocenters. The van der Waals surface area contributed by atoms with E-state index in [0.29, 0.717) is 6.54 Å². The first-order chi connectivity index (χ1) is 8.11. The largest absolute Gasteiger partial charge is 0.377 e. The molecule has 94 valence electrons. The predicted molar refractivity (Wildman–Crippen MR) is 77.3 cm³/mol. The summed E-state index contributed by atoms with van der Waals surface area (Å²) in [6, 6.07) is 6.40. The van der Waals surface area contributed by atoms with Gasteiger partial charge in [-0.3, -0.25) is 0 Å². The Kier molecular flexibility index (Phi) is 3.79. The van der Waals surface area contributed by atoms with Gasteiger partial charge in [0.1, 0.15) is 0 Å². The highest BCUT2D eigenvalue weighted by Crippen LogP contribution is 2.43. The Morgan fingerprint density at radius 3 is 2.71 bits per heavy atom. The van der Waals surface area contributed by atoms with Crippen molar-refractivity contribution in [2.24, 2.45) is 11.7 Å². The van der Waals surface area contributed by atoms with Crippen LogP contribution in [-0.4, -0.2) is 12.1 Å². The van der Waals surface area contributed by atoms with E-state index in [1.807, 2.05) is 0 Å². The van der Waals surface area contributed by atoms with Crippen LogP contribution >= 0.6 is 15.9 Å². The van der Waals surface area contributed by atoms with Gasteiger partial charge < -0.3 is 11.1 Å². The lowest BCUT2D eigenvalue weighted by atomic mass is 9.89. The van der Waals surface area contributed by atoms with E-state index in [-0.39, 0.29) is 5.54 Å². The lowest BCUT2D eigenvalue weighted by molar-refractivity contribution is 0.404. The second kappa shape index (κ2) is 4.99. The zero-order chi connectivity index (χ0) is 12.5. The predicted octanol–water partition coefficient (Wildman–Crippen LogP) is 3.69. The summed E-state index contributed by atoms with van der Waals surface area (Å²) in [5.41, 5.74) is 8.54. The number of nitrogens with one attached hydrogen (secondary N) is 1. The number of halogens is 1. The van der Waals surface area contributed by atoms with Gasteiger partial charge in [-0.2, -0.15) is 0 Å². The molecule has 1 aromatic rings. The molecular formula is C14H21BrN2. The van der Waals surface area contributed by atoms with Crippen LogP contribution in [0, 0.1) is 12.8 Å². The number of benzene rings is 1. The Morgan fingerprint density at radius 2 is 2.18 bits per heavy atom. The van der Waals surface area contributed by atoms with Crippen molar-refractivity contribution in [2.45, 2.75) is 38.6 Å². The molecule has 1 fully saturated rings. The average molecular weight is 297 g/mol. The number of hydrogen-bond acceptors (Lipinski definition) is 2. The Labute approximate surface area is 112 Å². The molecule has 0 aliphatic heterocycles. The minimum Gasteiger partial charge on any atom is -0.377 e. The van der Waals surface area contributed by atoms with E-state index in [9.17, 15) is 0 Å². The van der Waals surface area contributed by atoms with Gasteiger partial charge in [-0.25, -0.2) is 0 Å². The summed E-state index contributed by atoms with van der Waals surface area (Å²) < 4.78 is 1.12. The smallest absolute Gasteiger partial charge is 0.0521 e. The highest BCUT2D eigenvalue weighted by molar-refractivity contribution is 9.10. The molecule has 0 saturated heterocycles. The fourth-order valence-electron chi connectivity index (χ4n) is 2.48. The second-order valence-electron chi connectivity index (χ2n) is 5.10. The molecule has 0 radical (unpaired) electrons. The van der Waals surface area contributed by atoms with Gasteiger partial charge in [0, 0.05) is 16.7 Å². The van der Waals surface area contributed by atoms with Crippen LogP contribution in [0.25, 0.3) is 0 Å². The van der Waals surface area contributed by atoms with Crippen molar-refractivity contribution < 1.29 is 0 Å². The summed E-state index contributed by atoms with van der Waals surface area (Å²) in [7, 11) is 0. The van der Waals surface area contributed by atoms with Gasteiger partial charge in [0.2, 0.25) is 0 Å². The molecule has 3 heteroatoms. The fraction of sp³-hybridized carbons (Fsp3) is 0.571. The molecule has 17 heavy (non-hydrogen) atoms. The van der Waals surface area contributed by atoms with E-state index in [4.69, 9.17) is 5.73 Å². The second-order valence-corrected chi connectivity index (χ2v) is 5.95. The Balaban J connectivity index is 2.25. The van der Waals surface area contributed by atoms with Crippen molar-refractivity contribution in [1.29, 1.82) is 0 Å². The number of hydrogen-bond donors (Lipinski definition) is 2. The van der Waals surface area contributed by atoms with Crippen LogP contribution in [0.1, 0.15) is 31.7 Å². The normalized spacial score (nSPS) is 18.8. The number of anilines is 1. The van der Waals surface area contributed by atoms with Crippen LogP contribution in [0.3, 0.4) is 0 Å². The van der Waals surface area contributed by atoms with Crippen molar-refractivity contribution in [2.75, 3.05) is 11.9 Å². The molecule has 1 aliphatic carbocycles. The molecule has 2 nitrogen and oxygen atoms in total. The fourth-order valence-corrected chi connectivity index (χ4v) is 2.83. The summed E-state index contributed by atoms with van der Waals surface area (Å²) in [4.78, 5) is 0. The van der Waals surface area contributed by atoms with Gasteiger partial charge in [-0.05, 0) is 65.7 Å². The van der Waals surface area contributed by atoms with Gasteiger partial charge in [0.15, 0.2) is 0 Å². The summed E-state index contributed by atoms with van der Waals surface area (Å²) >= 11 is 3.61. The zero-order valence-electron chi connectivity index (χ0n) is 10.6. The van der Waals surface area contributed by atoms with E-state index in [0.717, 1.165) is 16.8 Å². The zero-order valence-corrected chi connectivity index (χ0v) is 12.2. The quantitative estimate of drug-likeness (QED) is 0.870. The van der Waals surface area contributed by atoms with Gasteiger partial charge in [-0.15, -0.1) is 0 Å². The van der Waals surface area contributed by atoms with Crippen molar-refractivity contribution in [3.63, 3.8) is 0 Å². The highest BCUT2D eigenvalue weighted by atomic mass is 79.9. The van der Waals surface area contributed by atoms with Crippen LogP contribution < -0.4 is 11.1 Å². The first-order valence-corrected chi connectivity index (χ1v) is 7.15. The monoisotopic (exact) mass is 296 g/mol. The maximum Gasteiger partial charge on any atom is 0.0521 e. The summed E-state index contributed by atoms with van der Waals surface area (Å²) in [5.74, 6) is 0.741. The molecule has 1 unspecified atom stereocenters. The van der Waals surface area contributed by atoms with Crippen LogP contribution in [-0.2, 0) is 0 Å². The molecule has 0 spiro atoms. The van der Waals surface area contributed by atoms with Gasteiger partial charge in [-0.1, -0.05) is 13.0 Å². The van der Waals surface area contributed by atoms with Crippen molar-refractivity contribution >= 4 is 21.6 Å². The van der Waals surface area contributed by atoms with Crippen molar-refractivity contribution in [3.8, 4) is 0 Å². The molecule has 2 rings (SSSR count). The minimum atomic E-state index is 0.0797. The summed E-state index contributed by atoms with van der Waals surface area (Å²) in [6.07, 6.45) is 3.69. The number of nitrogens with two attached hydrogens (primary N) is 1. The third kappa shape index (κ3) is 2.66. The standard InChI is InChI=1S/C14H21BrN2/c1-3-14(9-16,11-5-6-11)17-13-8-10(2)4-7-12(13)15/h4,7-8,11,17H,3,5-6,9,16H2,1-2H3. The summed E-state index contributed by atoms with van der Waals surface area (Å²) in [5, 5.41) is 3.69. The van der Waals surface area contributed by atoms with Crippen LogP contribution in [0.2, 0.25) is 0 Å². The Bertz CT molecular complexity index is 395. The molecule has 1 aromatic carbocycles. The van der Waals surface area contributed by atoms with Gasteiger partial charge in [0.25, 0.3) is 0 Å². The number of aryl methyl sites for hydroxylation is 1. The number of rotatable bonds is 5. The average Bonchev–Trinajstić information content (AvgIpc) is 3.15. The molecule has 0 aromatic heterocycles. The van der Waals surface area contributed by atoms with Gasteiger partial charge in [0.05, 0.1) is 5.54 Å². The Morgan fingerprint density at radius 1 is 1.47 bits per heavy atom. The molecule has 1 aliphatic rings. The van der Waals surface area contributed by atoms with E-state index in [1.165, 1.54) is 24.1 Å². The highest BCUT2D eigenvalue weighted by Gasteiger charge is 2.43. The lowest BCUT2D eigenvalue weighted by Gasteiger charge is -2.34. The van der Waals surface area contributed by atoms with E-state index in [1.54, 1.807) is 0 Å². The lowest BCUT2D eigenvalue weighted by Crippen LogP contribution is -2.47. The van der Waals surface area contributed by atoms with E-state index < -0.39 is 0 Å². The van der Waals surface area contributed by atoms with Crippen LogP contribution in [0.4, 0.5) is 5.69 Å². The van der Waals surface area contributed by atoms with Crippen LogP contribution in [0.15, 0.2) is 22.7 Å². The maximum absolute atomic E-state index is 6.02.